The summed E-state index contributed by atoms with van der Waals surface area (Å²) < 4.78 is 10.8. The number of rotatable bonds is 4. The van der Waals surface area contributed by atoms with Crippen LogP contribution in [-0.2, 0) is 5.54 Å². The first kappa shape index (κ1) is 15.0. The Kier molecular flexibility index (Phi) is 4.13. The molecular formula is C16H22N4O2. The molecule has 0 spiro atoms. The van der Waals surface area contributed by atoms with Crippen LogP contribution in [-0.4, -0.2) is 48.3 Å². The summed E-state index contributed by atoms with van der Waals surface area (Å²) in [5.41, 5.74) is 1.50. The van der Waals surface area contributed by atoms with Crippen molar-refractivity contribution in [1.29, 1.82) is 0 Å². The topological polar surface area (TPSA) is 63.4 Å². The molecule has 118 valence electrons. The maximum Gasteiger partial charge on any atom is 0.157 e. The lowest BCUT2D eigenvalue weighted by atomic mass is 9.97. The van der Waals surface area contributed by atoms with Gasteiger partial charge >= 0.3 is 0 Å². The molecule has 0 unspecified atom stereocenters. The standard InChI is InChI=1S/C16H22N4O2/c1-16(2,20-6-4-17-5-7-20)15-9-14(19-22-15)12-8-13(21-3)11-18-10-12/h8-11,17H,4-7H2,1-3H3. The molecule has 1 saturated heterocycles. The third-order valence-corrected chi connectivity index (χ3v) is 4.27. The van der Waals surface area contributed by atoms with Crippen molar-refractivity contribution < 1.29 is 9.26 Å². The summed E-state index contributed by atoms with van der Waals surface area (Å²) in [6, 6.07) is 3.91. The molecule has 22 heavy (non-hydrogen) atoms. The predicted octanol–water partition coefficient (Wildman–Crippen LogP) is 1.89. The van der Waals surface area contributed by atoms with Gasteiger partial charge in [0, 0.05) is 44.0 Å². The zero-order valence-corrected chi connectivity index (χ0v) is 13.3. The number of hydrogen-bond acceptors (Lipinski definition) is 6. The number of ether oxygens (including phenoxy) is 1. The van der Waals surface area contributed by atoms with Gasteiger partial charge in [0.2, 0.25) is 0 Å². The molecule has 0 aromatic carbocycles. The molecule has 0 saturated carbocycles. The molecule has 0 bridgehead atoms. The second-order valence-corrected chi connectivity index (χ2v) is 5.99. The fraction of sp³-hybridized carbons (Fsp3) is 0.500. The average Bonchev–Trinajstić information content (AvgIpc) is 3.06. The molecule has 0 atom stereocenters. The number of aromatic nitrogens is 2. The van der Waals surface area contributed by atoms with Crippen LogP contribution in [0.2, 0.25) is 0 Å². The summed E-state index contributed by atoms with van der Waals surface area (Å²) in [7, 11) is 1.63. The van der Waals surface area contributed by atoms with Gasteiger partial charge in [0.25, 0.3) is 0 Å². The summed E-state index contributed by atoms with van der Waals surface area (Å²) in [5.74, 6) is 1.58. The molecule has 1 aliphatic rings. The highest BCUT2D eigenvalue weighted by molar-refractivity contribution is 5.59. The van der Waals surface area contributed by atoms with Gasteiger partial charge in [0.1, 0.15) is 11.4 Å². The van der Waals surface area contributed by atoms with Crippen molar-refractivity contribution in [2.45, 2.75) is 19.4 Å². The summed E-state index contributed by atoms with van der Waals surface area (Å²) >= 11 is 0. The Bertz CT molecular complexity index is 633. The minimum Gasteiger partial charge on any atom is -0.495 e. The van der Waals surface area contributed by atoms with Gasteiger partial charge in [0.05, 0.1) is 18.8 Å². The highest BCUT2D eigenvalue weighted by Gasteiger charge is 2.33. The van der Waals surface area contributed by atoms with Crippen molar-refractivity contribution >= 4 is 0 Å². The van der Waals surface area contributed by atoms with E-state index >= 15 is 0 Å². The third kappa shape index (κ3) is 2.84. The molecule has 3 rings (SSSR count). The van der Waals surface area contributed by atoms with E-state index < -0.39 is 0 Å². The lowest BCUT2D eigenvalue weighted by molar-refractivity contribution is 0.0764. The first-order chi connectivity index (χ1) is 10.6. The smallest absolute Gasteiger partial charge is 0.157 e. The molecule has 0 radical (unpaired) electrons. The van der Waals surface area contributed by atoms with Crippen LogP contribution in [0.5, 0.6) is 5.75 Å². The molecule has 1 aliphatic heterocycles. The van der Waals surface area contributed by atoms with Gasteiger partial charge in [-0.2, -0.15) is 0 Å². The fourth-order valence-corrected chi connectivity index (χ4v) is 2.75. The molecule has 2 aromatic rings. The number of nitrogens with one attached hydrogen (secondary N) is 1. The van der Waals surface area contributed by atoms with Crippen LogP contribution in [0.1, 0.15) is 19.6 Å². The fourth-order valence-electron chi connectivity index (χ4n) is 2.75. The average molecular weight is 302 g/mol. The van der Waals surface area contributed by atoms with Crippen molar-refractivity contribution in [3.05, 3.63) is 30.3 Å². The van der Waals surface area contributed by atoms with E-state index in [4.69, 9.17) is 9.26 Å². The molecule has 6 heteroatoms. The van der Waals surface area contributed by atoms with E-state index in [1.54, 1.807) is 19.5 Å². The summed E-state index contributed by atoms with van der Waals surface area (Å²) in [6.07, 6.45) is 3.44. The highest BCUT2D eigenvalue weighted by atomic mass is 16.5. The van der Waals surface area contributed by atoms with E-state index in [1.807, 2.05) is 12.1 Å². The van der Waals surface area contributed by atoms with Crippen molar-refractivity contribution in [1.82, 2.24) is 20.4 Å². The zero-order chi connectivity index (χ0) is 15.6. The van der Waals surface area contributed by atoms with Crippen LogP contribution >= 0.6 is 0 Å². The maximum atomic E-state index is 5.63. The first-order valence-corrected chi connectivity index (χ1v) is 7.53. The van der Waals surface area contributed by atoms with Gasteiger partial charge in [0.15, 0.2) is 5.76 Å². The van der Waals surface area contributed by atoms with Crippen LogP contribution < -0.4 is 10.1 Å². The van der Waals surface area contributed by atoms with Gasteiger partial charge in [-0.3, -0.25) is 9.88 Å². The molecule has 1 N–H and O–H groups in total. The molecular weight excluding hydrogens is 280 g/mol. The molecule has 0 amide bonds. The summed E-state index contributed by atoms with van der Waals surface area (Å²) in [4.78, 5) is 6.58. The second kappa shape index (κ2) is 6.06. The van der Waals surface area contributed by atoms with Crippen molar-refractivity contribution in [2.75, 3.05) is 33.3 Å². The van der Waals surface area contributed by atoms with Crippen molar-refractivity contribution in [2.24, 2.45) is 0 Å². The number of methoxy groups -OCH3 is 1. The summed E-state index contributed by atoms with van der Waals surface area (Å²) in [5, 5.41) is 7.58. The van der Waals surface area contributed by atoms with Crippen molar-refractivity contribution in [3.63, 3.8) is 0 Å². The van der Waals surface area contributed by atoms with E-state index in [0.29, 0.717) is 5.75 Å². The minimum atomic E-state index is -0.181. The van der Waals surface area contributed by atoms with Crippen LogP contribution in [0, 0.1) is 0 Å². The van der Waals surface area contributed by atoms with E-state index in [2.05, 4.69) is 34.2 Å². The zero-order valence-electron chi connectivity index (χ0n) is 13.3. The Labute approximate surface area is 130 Å². The molecule has 2 aromatic heterocycles. The Balaban J connectivity index is 1.86. The predicted molar refractivity (Wildman–Crippen MR) is 83.8 cm³/mol. The van der Waals surface area contributed by atoms with Gasteiger partial charge in [-0.25, -0.2) is 0 Å². The van der Waals surface area contributed by atoms with Crippen LogP contribution in [0.3, 0.4) is 0 Å². The summed E-state index contributed by atoms with van der Waals surface area (Å²) in [6.45, 7) is 8.36. The van der Waals surface area contributed by atoms with Gasteiger partial charge in [-0.05, 0) is 19.9 Å². The number of hydrogen-bond donors (Lipinski definition) is 1. The third-order valence-electron chi connectivity index (χ3n) is 4.27. The molecule has 3 heterocycles. The Morgan fingerprint density at radius 3 is 2.73 bits per heavy atom. The van der Waals surface area contributed by atoms with E-state index in [9.17, 15) is 0 Å². The van der Waals surface area contributed by atoms with Gasteiger partial charge in [-0.15, -0.1) is 0 Å². The van der Waals surface area contributed by atoms with E-state index in [1.165, 1.54) is 0 Å². The maximum absolute atomic E-state index is 5.63. The van der Waals surface area contributed by atoms with Crippen LogP contribution in [0.25, 0.3) is 11.3 Å². The first-order valence-electron chi connectivity index (χ1n) is 7.53. The van der Waals surface area contributed by atoms with E-state index in [0.717, 1.165) is 43.2 Å². The normalized spacial score (nSPS) is 16.7. The number of piperazine rings is 1. The second-order valence-electron chi connectivity index (χ2n) is 5.99. The van der Waals surface area contributed by atoms with Gasteiger partial charge < -0.3 is 14.6 Å². The van der Waals surface area contributed by atoms with Gasteiger partial charge in [-0.1, -0.05) is 5.16 Å². The minimum absolute atomic E-state index is 0.181. The monoisotopic (exact) mass is 302 g/mol. The van der Waals surface area contributed by atoms with E-state index in [-0.39, 0.29) is 5.54 Å². The Hall–Kier alpha value is -1.92. The van der Waals surface area contributed by atoms with Crippen molar-refractivity contribution in [3.8, 4) is 17.0 Å². The lowest BCUT2D eigenvalue weighted by Crippen LogP contribution is -2.51. The number of nitrogens with zero attached hydrogens (tertiary/aromatic N) is 3. The number of pyridine rings is 1. The quantitative estimate of drug-likeness (QED) is 0.930. The Morgan fingerprint density at radius 2 is 2.00 bits per heavy atom. The largest absolute Gasteiger partial charge is 0.495 e. The highest BCUT2D eigenvalue weighted by Crippen LogP contribution is 2.31. The Morgan fingerprint density at radius 1 is 1.23 bits per heavy atom. The SMILES string of the molecule is COc1cncc(-c2cc(C(C)(C)N3CCNCC3)on2)c1. The molecule has 6 nitrogen and oxygen atoms in total. The lowest BCUT2D eigenvalue weighted by Gasteiger charge is -2.39. The molecule has 1 fully saturated rings. The van der Waals surface area contributed by atoms with Crippen LogP contribution in [0.4, 0.5) is 0 Å². The van der Waals surface area contributed by atoms with Crippen LogP contribution in [0.15, 0.2) is 29.0 Å². The molecule has 0 aliphatic carbocycles.